The highest BCUT2D eigenvalue weighted by Gasteiger charge is 2.33. The van der Waals surface area contributed by atoms with E-state index in [2.05, 4.69) is 5.32 Å². The van der Waals surface area contributed by atoms with Crippen LogP contribution in [0, 0.1) is 5.92 Å². The number of rotatable bonds is 7. The number of nitrogens with one attached hydrogen (secondary N) is 1. The summed E-state index contributed by atoms with van der Waals surface area (Å²) in [4.78, 5) is 12.6. The van der Waals surface area contributed by atoms with Crippen LogP contribution in [-0.4, -0.2) is 56.7 Å². The van der Waals surface area contributed by atoms with Crippen LogP contribution in [0.2, 0.25) is 0 Å². The Morgan fingerprint density at radius 2 is 2.00 bits per heavy atom. The van der Waals surface area contributed by atoms with Gasteiger partial charge < -0.3 is 10.1 Å². The topological polar surface area (TPSA) is 79.0 Å². The first kappa shape index (κ1) is 20.7. The van der Waals surface area contributed by atoms with Gasteiger partial charge in [0, 0.05) is 27.2 Å². The average Bonchev–Trinajstić information content (AvgIpc) is 2.62. The van der Waals surface area contributed by atoms with Crippen LogP contribution in [0.3, 0.4) is 0 Å². The lowest BCUT2D eigenvalue weighted by atomic mass is 9.98. The first-order chi connectivity index (χ1) is 12.3. The minimum Gasteiger partial charge on any atom is -0.494 e. The van der Waals surface area contributed by atoms with Gasteiger partial charge in [-0.25, -0.2) is 0 Å². The second kappa shape index (κ2) is 8.83. The summed E-state index contributed by atoms with van der Waals surface area (Å²) in [5, 5.41) is 3.00. The molecule has 1 heterocycles. The Morgan fingerprint density at radius 1 is 1.35 bits per heavy atom. The highest BCUT2D eigenvalue weighted by molar-refractivity contribution is 7.86. The Kier molecular flexibility index (Phi) is 7.02. The summed E-state index contributed by atoms with van der Waals surface area (Å²) in [6.07, 6.45) is 1.38. The summed E-state index contributed by atoms with van der Waals surface area (Å²) in [5.41, 5.74) is 0.982. The summed E-state index contributed by atoms with van der Waals surface area (Å²) in [5.74, 6) is 0.361. The Labute approximate surface area is 156 Å². The molecule has 1 N–H and O–H groups in total. The largest absolute Gasteiger partial charge is 0.494 e. The molecule has 0 bridgehead atoms. The number of hydrogen-bond donors (Lipinski definition) is 1. The molecule has 0 aromatic heterocycles. The maximum absolute atomic E-state index is 12.6. The minimum atomic E-state index is -3.48. The second-order valence-corrected chi connectivity index (χ2v) is 8.86. The van der Waals surface area contributed by atoms with Gasteiger partial charge in [-0.1, -0.05) is 12.1 Å². The van der Waals surface area contributed by atoms with E-state index < -0.39 is 10.2 Å². The summed E-state index contributed by atoms with van der Waals surface area (Å²) in [6.45, 7) is 5.15. The Balaban J connectivity index is 1.98. The molecule has 26 heavy (non-hydrogen) atoms. The molecule has 2 rings (SSSR count). The van der Waals surface area contributed by atoms with Gasteiger partial charge in [0.05, 0.1) is 18.6 Å². The van der Waals surface area contributed by atoms with E-state index in [0.29, 0.717) is 26.0 Å². The smallest absolute Gasteiger partial charge is 0.281 e. The van der Waals surface area contributed by atoms with Gasteiger partial charge in [-0.05, 0) is 44.4 Å². The lowest BCUT2D eigenvalue weighted by molar-refractivity contribution is -0.126. The van der Waals surface area contributed by atoms with E-state index in [1.165, 1.54) is 22.7 Å². The Bertz CT molecular complexity index is 704. The van der Waals surface area contributed by atoms with Crippen molar-refractivity contribution in [2.24, 2.45) is 5.92 Å². The molecule has 0 aliphatic carbocycles. The van der Waals surface area contributed by atoms with Crippen LogP contribution in [0.4, 0.5) is 0 Å². The molecule has 0 spiro atoms. The molecule has 1 aromatic rings. The SMILES string of the molecule is CCOc1ccc(C(C)NC(=O)C2CCCN(S(=O)(=O)N(C)C)C2)cc1. The van der Waals surface area contributed by atoms with Gasteiger partial charge in [-0.3, -0.25) is 4.79 Å². The quantitative estimate of drug-likeness (QED) is 0.778. The lowest BCUT2D eigenvalue weighted by Gasteiger charge is -2.33. The normalized spacial score (nSPS) is 20.0. The maximum atomic E-state index is 12.6. The van der Waals surface area contributed by atoms with Crippen molar-refractivity contribution in [2.45, 2.75) is 32.7 Å². The second-order valence-electron chi connectivity index (χ2n) is 6.72. The Morgan fingerprint density at radius 3 is 2.58 bits per heavy atom. The number of hydrogen-bond acceptors (Lipinski definition) is 4. The molecule has 2 unspecified atom stereocenters. The number of benzene rings is 1. The molecule has 1 saturated heterocycles. The number of ether oxygens (including phenoxy) is 1. The molecular formula is C18H29N3O4S. The number of carbonyl (C=O) groups is 1. The zero-order valence-electron chi connectivity index (χ0n) is 15.9. The van der Waals surface area contributed by atoms with Gasteiger partial charge in [-0.15, -0.1) is 0 Å². The Hall–Kier alpha value is -1.64. The minimum absolute atomic E-state index is 0.106. The van der Waals surface area contributed by atoms with Crippen molar-refractivity contribution < 1.29 is 17.9 Å². The van der Waals surface area contributed by atoms with Crippen molar-refractivity contribution in [3.8, 4) is 5.75 Å². The van der Waals surface area contributed by atoms with Crippen molar-refractivity contribution in [2.75, 3.05) is 33.8 Å². The predicted octanol–water partition coefficient (Wildman–Crippen LogP) is 1.78. The van der Waals surface area contributed by atoms with E-state index >= 15 is 0 Å². The first-order valence-electron chi connectivity index (χ1n) is 8.96. The standard InChI is InChI=1S/C18H29N3O4S/c1-5-25-17-10-8-15(9-11-17)14(2)19-18(22)16-7-6-12-21(13-16)26(23,24)20(3)4/h8-11,14,16H,5-7,12-13H2,1-4H3,(H,19,22). The van der Waals surface area contributed by atoms with Crippen LogP contribution >= 0.6 is 0 Å². The van der Waals surface area contributed by atoms with E-state index in [1.54, 1.807) is 0 Å². The highest BCUT2D eigenvalue weighted by Crippen LogP contribution is 2.22. The summed E-state index contributed by atoms with van der Waals surface area (Å²) >= 11 is 0. The molecule has 146 valence electrons. The van der Waals surface area contributed by atoms with Crippen LogP contribution in [0.25, 0.3) is 0 Å². The molecule has 8 heteroatoms. The maximum Gasteiger partial charge on any atom is 0.281 e. The molecular weight excluding hydrogens is 354 g/mol. The third kappa shape index (κ3) is 4.96. The van der Waals surface area contributed by atoms with Gasteiger partial charge in [-0.2, -0.15) is 17.0 Å². The van der Waals surface area contributed by atoms with Crippen molar-refractivity contribution >= 4 is 16.1 Å². The fourth-order valence-electron chi connectivity index (χ4n) is 3.03. The van der Waals surface area contributed by atoms with Crippen LogP contribution in [0.15, 0.2) is 24.3 Å². The van der Waals surface area contributed by atoms with Gasteiger partial charge >= 0.3 is 0 Å². The molecule has 1 aromatic carbocycles. The van der Waals surface area contributed by atoms with E-state index in [-0.39, 0.29) is 24.4 Å². The fourth-order valence-corrected chi connectivity index (χ4v) is 4.22. The van der Waals surface area contributed by atoms with Gasteiger partial charge in [0.15, 0.2) is 0 Å². The van der Waals surface area contributed by atoms with Gasteiger partial charge in [0.1, 0.15) is 5.75 Å². The van der Waals surface area contributed by atoms with Crippen LogP contribution in [0.1, 0.15) is 38.3 Å². The van der Waals surface area contributed by atoms with Gasteiger partial charge in [0.2, 0.25) is 5.91 Å². The van der Waals surface area contributed by atoms with E-state index in [1.807, 2.05) is 38.1 Å². The summed E-state index contributed by atoms with van der Waals surface area (Å²) < 4.78 is 32.6. The molecule has 1 aliphatic heterocycles. The summed E-state index contributed by atoms with van der Waals surface area (Å²) in [6, 6.07) is 7.47. The van der Waals surface area contributed by atoms with Crippen molar-refractivity contribution in [3.63, 3.8) is 0 Å². The average molecular weight is 384 g/mol. The highest BCUT2D eigenvalue weighted by atomic mass is 32.2. The zero-order chi connectivity index (χ0) is 19.3. The van der Waals surface area contributed by atoms with Crippen molar-refractivity contribution in [1.29, 1.82) is 0 Å². The number of carbonyl (C=O) groups excluding carboxylic acids is 1. The first-order valence-corrected chi connectivity index (χ1v) is 10.4. The van der Waals surface area contributed by atoms with Crippen molar-refractivity contribution in [3.05, 3.63) is 29.8 Å². The molecule has 1 amide bonds. The fraction of sp³-hybridized carbons (Fsp3) is 0.611. The third-order valence-corrected chi connectivity index (χ3v) is 6.50. The van der Waals surface area contributed by atoms with E-state index in [4.69, 9.17) is 4.74 Å². The zero-order valence-corrected chi connectivity index (χ0v) is 16.8. The van der Waals surface area contributed by atoms with Crippen LogP contribution in [0.5, 0.6) is 5.75 Å². The van der Waals surface area contributed by atoms with Crippen molar-refractivity contribution in [1.82, 2.24) is 13.9 Å². The lowest BCUT2D eigenvalue weighted by Crippen LogP contribution is -2.49. The monoisotopic (exact) mass is 383 g/mol. The molecule has 1 fully saturated rings. The van der Waals surface area contributed by atoms with E-state index in [0.717, 1.165) is 11.3 Å². The van der Waals surface area contributed by atoms with Crippen LogP contribution < -0.4 is 10.1 Å². The number of piperidine rings is 1. The predicted molar refractivity (Wildman–Crippen MR) is 101 cm³/mol. The molecule has 0 saturated carbocycles. The molecule has 2 atom stereocenters. The summed E-state index contributed by atoms with van der Waals surface area (Å²) in [7, 11) is -0.471. The third-order valence-electron chi connectivity index (χ3n) is 4.59. The van der Waals surface area contributed by atoms with E-state index in [9.17, 15) is 13.2 Å². The number of nitrogens with zero attached hydrogens (tertiary/aromatic N) is 2. The van der Waals surface area contributed by atoms with Crippen LogP contribution in [-0.2, 0) is 15.0 Å². The van der Waals surface area contributed by atoms with Gasteiger partial charge in [0.25, 0.3) is 10.2 Å². The molecule has 0 radical (unpaired) electrons. The number of amides is 1. The molecule has 1 aliphatic rings. The molecule has 7 nitrogen and oxygen atoms in total.